The van der Waals surface area contributed by atoms with Crippen molar-refractivity contribution in [2.75, 3.05) is 22.1 Å². The van der Waals surface area contributed by atoms with Gasteiger partial charge in [0.1, 0.15) is 17.3 Å². The number of nitrogens with one attached hydrogen (secondary N) is 2. The van der Waals surface area contributed by atoms with Crippen LogP contribution in [0, 0.1) is 11.6 Å². The molecule has 0 aromatic heterocycles. The van der Waals surface area contributed by atoms with E-state index in [-0.39, 0.29) is 18.9 Å². The van der Waals surface area contributed by atoms with Gasteiger partial charge < -0.3 is 15.5 Å². The van der Waals surface area contributed by atoms with E-state index in [1.54, 1.807) is 24.3 Å². The molecule has 0 fully saturated rings. The summed E-state index contributed by atoms with van der Waals surface area (Å²) in [6.07, 6.45) is -0.152. The minimum Gasteiger partial charge on any atom is -0.326 e. The van der Waals surface area contributed by atoms with Crippen LogP contribution in [0.4, 0.5) is 25.8 Å². The third-order valence-electron chi connectivity index (χ3n) is 3.64. The Morgan fingerprint density at radius 1 is 0.889 bits per heavy atom. The number of hydrogen-bond donors (Lipinski definition) is 2. The smallest absolute Gasteiger partial charge is 0.226 e. The summed E-state index contributed by atoms with van der Waals surface area (Å²) in [5.74, 6) is -2.97. The fraction of sp³-hybridized carbons (Fsp3) is 0.211. The lowest BCUT2D eigenvalue weighted by Gasteiger charge is -2.22. The van der Waals surface area contributed by atoms with Crippen molar-refractivity contribution >= 4 is 34.8 Å². The number of rotatable bonds is 6. The maximum atomic E-state index is 13.9. The Hall–Kier alpha value is -3.29. The summed E-state index contributed by atoms with van der Waals surface area (Å²) in [6.45, 7) is 2.38. The van der Waals surface area contributed by atoms with E-state index >= 15 is 0 Å². The van der Waals surface area contributed by atoms with E-state index in [1.165, 1.54) is 19.9 Å². The summed E-state index contributed by atoms with van der Waals surface area (Å²) >= 11 is 0. The first-order valence-corrected chi connectivity index (χ1v) is 8.17. The Kier molecular flexibility index (Phi) is 6.59. The normalized spacial score (nSPS) is 10.2. The van der Waals surface area contributed by atoms with Crippen molar-refractivity contribution in [2.45, 2.75) is 20.3 Å². The Bertz CT molecular complexity index is 834. The van der Waals surface area contributed by atoms with Crippen LogP contribution in [-0.2, 0) is 14.4 Å². The van der Waals surface area contributed by atoms with E-state index in [4.69, 9.17) is 0 Å². The van der Waals surface area contributed by atoms with Gasteiger partial charge in [0, 0.05) is 38.2 Å². The van der Waals surface area contributed by atoms with Crippen LogP contribution in [0.1, 0.15) is 20.3 Å². The topological polar surface area (TPSA) is 78.5 Å². The van der Waals surface area contributed by atoms with Crippen molar-refractivity contribution in [2.24, 2.45) is 0 Å². The monoisotopic (exact) mass is 375 g/mol. The van der Waals surface area contributed by atoms with Crippen LogP contribution in [-0.4, -0.2) is 24.3 Å². The van der Waals surface area contributed by atoms with Crippen LogP contribution in [0.3, 0.4) is 0 Å². The second-order valence-electron chi connectivity index (χ2n) is 5.80. The van der Waals surface area contributed by atoms with Gasteiger partial charge in [-0.2, -0.15) is 0 Å². The van der Waals surface area contributed by atoms with Crippen LogP contribution in [0.2, 0.25) is 0 Å². The van der Waals surface area contributed by atoms with Gasteiger partial charge in [0.05, 0.1) is 0 Å². The van der Waals surface area contributed by atoms with Crippen molar-refractivity contribution in [1.29, 1.82) is 0 Å². The lowest BCUT2D eigenvalue weighted by atomic mass is 10.2. The van der Waals surface area contributed by atoms with Crippen LogP contribution >= 0.6 is 0 Å². The SMILES string of the molecule is CC(=O)Nc1ccc(NC(=O)CCN(C(C)=O)c2c(F)cccc2F)cc1. The summed E-state index contributed by atoms with van der Waals surface area (Å²) in [6, 6.07) is 9.73. The molecule has 0 aliphatic carbocycles. The van der Waals surface area contributed by atoms with Crippen molar-refractivity contribution in [1.82, 2.24) is 0 Å². The van der Waals surface area contributed by atoms with Gasteiger partial charge in [-0.05, 0) is 36.4 Å². The predicted octanol–water partition coefficient (Wildman–Crippen LogP) is 3.30. The van der Waals surface area contributed by atoms with E-state index < -0.39 is 29.1 Å². The van der Waals surface area contributed by atoms with Gasteiger partial charge in [0.25, 0.3) is 0 Å². The molecule has 0 aliphatic rings. The fourth-order valence-electron chi connectivity index (χ4n) is 2.45. The zero-order valence-corrected chi connectivity index (χ0v) is 14.9. The average molecular weight is 375 g/mol. The quantitative estimate of drug-likeness (QED) is 0.813. The molecule has 0 atom stereocenters. The van der Waals surface area contributed by atoms with Crippen molar-refractivity contribution in [3.63, 3.8) is 0 Å². The number of anilines is 3. The highest BCUT2D eigenvalue weighted by molar-refractivity contribution is 5.95. The summed E-state index contributed by atoms with van der Waals surface area (Å²) in [5, 5.41) is 5.22. The molecule has 2 rings (SSSR count). The summed E-state index contributed by atoms with van der Waals surface area (Å²) < 4.78 is 27.8. The maximum Gasteiger partial charge on any atom is 0.226 e. The molecule has 0 bridgehead atoms. The van der Waals surface area contributed by atoms with Gasteiger partial charge in [-0.15, -0.1) is 0 Å². The number of halogens is 2. The van der Waals surface area contributed by atoms with Crippen molar-refractivity contribution in [3.05, 3.63) is 54.1 Å². The third kappa shape index (κ3) is 5.60. The van der Waals surface area contributed by atoms with Gasteiger partial charge in [-0.3, -0.25) is 14.4 Å². The molecule has 6 nitrogen and oxygen atoms in total. The third-order valence-corrected chi connectivity index (χ3v) is 3.64. The zero-order chi connectivity index (χ0) is 20.0. The van der Waals surface area contributed by atoms with Gasteiger partial charge >= 0.3 is 0 Å². The molecule has 2 aromatic carbocycles. The number of carbonyl (C=O) groups excluding carboxylic acids is 3. The first-order chi connectivity index (χ1) is 12.8. The van der Waals surface area contributed by atoms with Gasteiger partial charge in [0.15, 0.2) is 0 Å². The second-order valence-corrected chi connectivity index (χ2v) is 5.80. The number of amides is 3. The Balaban J connectivity index is 2.00. The first-order valence-electron chi connectivity index (χ1n) is 8.17. The van der Waals surface area contributed by atoms with E-state index in [0.29, 0.717) is 11.4 Å². The molecule has 2 N–H and O–H groups in total. The first kappa shape index (κ1) is 20.0. The van der Waals surface area contributed by atoms with E-state index in [2.05, 4.69) is 10.6 Å². The molecule has 2 aromatic rings. The highest BCUT2D eigenvalue weighted by atomic mass is 19.1. The summed E-state index contributed by atoms with van der Waals surface area (Å²) in [4.78, 5) is 35.7. The Morgan fingerprint density at radius 2 is 1.41 bits per heavy atom. The standard InChI is InChI=1S/C19H19F2N3O3/c1-12(25)22-14-6-8-15(9-7-14)23-18(27)10-11-24(13(2)26)19-16(20)4-3-5-17(19)21/h3-9H,10-11H2,1-2H3,(H,22,25)(H,23,27). The van der Waals surface area contributed by atoms with Crippen LogP contribution < -0.4 is 15.5 Å². The molecule has 0 heterocycles. The number of benzene rings is 2. The summed E-state index contributed by atoms with van der Waals surface area (Å²) in [7, 11) is 0. The summed E-state index contributed by atoms with van der Waals surface area (Å²) in [5.41, 5.74) is 0.594. The molecule has 142 valence electrons. The second kappa shape index (κ2) is 8.88. The largest absolute Gasteiger partial charge is 0.326 e. The predicted molar refractivity (Wildman–Crippen MR) is 98.4 cm³/mol. The molecule has 0 saturated heterocycles. The van der Waals surface area contributed by atoms with Gasteiger partial charge in [0.2, 0.25) is 17.7 Å². The minimum atomic E-state index is -0.876. The minimum absolute atomic E-state index is 0.152. The molecule has 0 radical (unpaired) electrons. The highest BCUT2D eigenvalue weighted by Gasteiger charge is 2.20. The van der Waals surface area contributed by atoms with E-state index in [0.717, 1.165) is 17.0 Å². The number of hydrogen-bond acceptors (Lipinski definition) is 3. The van der Waals surface area contributed by atoms with Gasteiger partial charge in [-0.25, -0.2) is 8.78 Å². The van der Waals surface area contributed by atoms with Crippen LogP contribution in [0.5, 0.6) is 0 Å². The molecule has 3 amide bonds. The molecule has 0 unspecified atom stereocenters. The molecular weight excluding hydrogens is 356 g/mol. The Morgan fingerprint density at radius 3 is 1.89 bits per heavy atom. The van der Waals surface area contributed by atoms with E-state index in [9.17, 15) is 23.2 Å². The number of carbonyl (C=O) groups is 3. The average Bonchev–Trinajstić information content (AvgIpc) is 2.58. The molecule has 0 spiro atoms. The number of para-hydroxylation sites is 1. The molecular formula is C19H19F2N3O3. The highest BCUT2D eigenvalue weighted by Crippen LogP contribution is 2.23. The molecule has 27 heavy (non-hydrogen) atoms. The molecule has 0 aliphatic heterocycles. The van der Waals surface area contributed by atoms with Crippen LogP contribution in [0.15, 0.2) is 42.5 Å². The van der Waals surface area contributed by atoms with Crippen molar-refractivity contribution < 1.29 is 23.2 Å². The Labute approximate surface area is 155 Å². The lowest BCUT2D eigenvalue weighted by molar-refractivity contribution is -0.117. The van der Waals surface area contributed by atoms with E-state index in [1.807, 2.05) is 0 Å². The van der Waals surface area contributed by atoms with Gasteiger partial charge in [-0.1, -0.05) is 6.07 Å². The molecule has 8 heteroatoms. The maximum absolute atomic E-state index is 13.9. The van der Waals surface area contributed by atoms with Crippen LogP contribution in [0.25, 0.3) is 0 Å². The number of nitrogens with zero attached hydrogens (tertiary/aromatic N) is 1. The van der Waals surface area contributed by atoms with Crippen molar-refractivity contribution in [3.8, 4) is 0 Å². The zero-order valence-electron chi connectivity index (χ0n) is 14.9. The lowest BCUT2D eigenvalue weighted by Crippen LogP contribution is -2.33. The fourth-order valence-corrected chi connectivity index (χ4v) is 2.45. The molecule has 0 saturated carbocycles.